The minimum Gasteiger partial charge on any atom is -0.496 e. The lowest BCUT2D eigenvalue weighted by atomic mass is 9.90. The standard InChI is InChI=1S/C29H30ClN3O2S/c1-18-5-3-7-25-26(18)27(30)28(36-25)29(34)33(23-11-9-22(31)10-12-23)17-21-15-19(8-13-24(21)35-2)20-6-4-14-32-16-20/h3-8,13-16,22-23H,9-12,17,31H2,1-2H3. The van der Waals surface area contributed by atoms with Gasteiger partial charge < -0.3 is 15.4 Å². The molecule has 1 saturated carbocycles. The van der Waals surface area contributed by atoms with E-state index < -0.39 is 0 Å². The normalized spacial score (nSPS) is 17.8. The number of aromatic nitrogens is 1. The molecule has 2 heterocycles. The van der Waals surface area contributed by atoms with Crippen LogP contribution in [0.3, 0.4) is 0 Å². The van der Waals surface area contributed by atoms with E-state index in [2.05, 4.69) is 11.1 Å². The molecule has 2 aromatic heterocycles. The zero-order valence-electron chi connectivity index (χ0n) is 20.5. The molecule has 1 aliphatic carbocycles. The Morgan fingerprint density at radius 2 is 1.94 bits per heavy atom. The molecular weight excluding hydrogens is 490 g/mol. The fourth-order valence-electron chi connectivity index (χ4n) is 5.12. The van der Waals surface area contributed by atoms with Crippen LogP contribution in [0.2, 0.25) is 5.02 Å². The third-order valence-electron chi connectivity index (χ3n) is 7.12. The predicted molar refractivity (Wildman–Crippen MR) is 148 cm³/mol. The fourth-order valence-corrected chi connectivity index (χ4v) is 6.75. The van der Waals surface area contributed by atoms with Crippen molar-refractivity contribution in [1.82, 2.24) is 9.88 Å². The molecule has 0 radical (unpaired) electrons. The second kappa shape index (κ2) is 10.6. The fraction of sp³-hybridized carbons (Fsp3) is 0.310. The number of fused-ring (bicyclic) bond motifs is 1. The molecule has 2 aromatic carbocycles. The summed E-state index contributed by atoms with van der Waals surface area (Å²) in [5.74, 6) is 0.723. The molecule has 5 nitrogen and oxygen atoms in total. The van der Waals surface area contributed by atoms with E-state index >= 15 is 0 Å². The maximum Gasteiger partial charge on any atom is 0.266 e. The number of amides is 1. The van der Waals surface area contributed by atoms with Crippen molar-refractivity contribution < 1.29 is 9.53 Å². The van der Waals surface area contributed by atoms with E-state index in [0.717, 1.165) is 63.8 Å². The summed E-state index contributed by atoms with van der Waals surface area (Å²) in [6.45, 7) is 2.46. The lowest BCUT2D eigenvalue weighted by Crippen LogP contribution is -2.43. The number of hydrogen-bond donors (Lipinski definition) is 1. The van der Waals surface area contributed by atoms with Crippen molar-refractivity contribution in [1.29, 1.82) is 0 Å². The minimum atomic E-state index is -0.0325. The number of carbonyl (C=O) groups excluding carboxylic acids is 1. The lowest BCUT2D eigenvalue weighted by molar-refractivity contribution is 0.0610. The van der Waals surface area contributed by atoms with Crippen LogP contribution in [0.15, 0.2) is 60.9 Å². The summed E-state index contributed by atoms with van der Waals surface area (Å²) in [6, 6.07) is 16.4. The first kappa shape index (κ1) is 24.8. The van der Waals surface area contributed by atoms with Crippen molar-refractivity contribution in [3.05, 3.63) is 82.0 Å². The van der Waals surface area contributed by atoms with Gasteiger partial charge in [0.25, 0.3) is 5.91 Å². The van der Waals surface area contributed by atoms with Gasteiger partial charge in [0.15, 0.2) is 0 Å². The molecule has 5 rings (SSSR count). The first-order chi connectivity index (χ1) is 17.5. The van der Waals surface area contributed by atoms with Gasteiger partial charge in [-0.25, -0.2) is 0 Å². The zero-order chi connectivity index (χ0) is 25.2. The number of thiophene rings is 1. The van der Waals surface area contributed by atoms with E-state index in [1.165, 1.54) is 11.3 Å². The Hall–Kier alpha value is -2.93. The van der Waals surface area contributed by atoms with Crippen LogP contribution in [0.4, 0.5) is 0 Å². The molecule has 0 unspecified atom stereocenters. The van der Waals surface area contributed by atoms with Gasteiger partial charge in [-0.1, -0.05) is 35.9 Å². The van der Waals surface area contributed by atoms with Crippen LogP contribution in [0.25, 0.3) is 21.2 Å². The Morgan fingerprint density at radius 1 is 1.14 bits per heavy atom. The maximum absolute atomic E-state index is 14.2. The van der Waals surface area contributed by atoms with Gasteiger partial charge >= 0.3 is 0 Å². The highest BCUT2D eigenvalue weighted by Crippen LogP contribution is 2.39. The highest BCUT2D eigenvalue weighted by molar-refractivity contribution is 7.21. The number of rotatable bonds is 6. The van der Waals surface area contributed by atoms with Crippen LogP contribution < -0.4 is 10.5 Å². The molecule has 4 aromatic rings. The topological polar surface area (TPSA) is 68.5 Å². The molecule has 0 aliphatic heterocycles. The summed E-state index contributed by atoms with van der Waals surface area (Å²) in [4.78, 5) is 21.0. The third kappa shape index (κ3) is 4.85. The average Bonchev–Trinajstić information content (AvgIpc) is 3.25. The number of benzene rings is 2. The van der Waals surface area contributed by atoms with Crippen molar-refractivity contribution in [2.75, 3.05) is 7.11 Å². The summed E-state index contributed by atoms with van der Waals surface area (Å²) < 4.78 is 6.75. The smallest absolute Gasteiger partial charge is 0.266 e. The van der Waals surface area contributed by atoms with Crippen molar-refractivity contribution in [3.8, 4) is 16.9 Å². The number of nitrogens with two attached hydrogens (primary N) is 1. The second-order valence-corrected chi connectivity index (χ2v) is 10.9. The van der Waals surface area contributed by atoms with Crippen LogP contribution in [0.1, 0.15) is 46.5 Å². The van der Waals surface area contributed by atoms with E-state index in [1.807, 2.05) is 60.5 Å². The number of nitrogens with zero attached hydrogens (tertiary/aromatic N) is 2. The Kier molecular flexibility index (Phi) is 7.28. The molecule has 1 amide bonds. The molecule has 0 bridgehead atoms. The van der Waals surface area contributed by atoms with Crippen molar-refractivity contribution in [2.24, 2.45) is 5.73 Å². The van der Waals surface area contributed by atoms with Crippen LogP contribution in [0.5, 0.6) is 5.75 Å². The summed E-state index contributed by atoms with van der Waals surface area (Å²) in [5.41, 5.74) is 10.3. The Bertz CT molecular complexity index is 1380. The van der Waals surface area contributed by atoms with E-state index in [-0.39, 0.29) is 18.0 Å². The molecule has 1 fully saturated rings. The first-order valence-electron chi connectivity index (χ1n) is 12.3. The first-order valence-corrected chi connectivity index (χ1v) is 13.5. The number of methoxy groups -OCH3 is 1. The van der Waals surface area contributed by atoms with E-state index in [0.29, 0.717) is 16.4 Å². The van der Waals surface area contributed by atoms with Crippen molar-refractivity contribution in [3.63, 3.8) is 0 Å². The quantitative estimate of drug-likeness (QED) is 0.302. The van der Waals surface area contributed by atoms with Gasteiger partial charge in [-0.15, -0.1) is 11.3 Å². The number of aryl methyl sites for hydroxylation is 1. The van der Waals surface area contributed by atoms with Crippen LogP contribution >= 0.6 is 22.9 Å². The van der Waals surface area contributed by atoms with Crippen molar-refractivity contribution >= 4 is 38.9 Å². The molecule has 1 aliphatic rings. The lowest BCUT2D eigenvalue weighted by Gasteiger charge is -2.36. The highest BCUT2D eigenvalue weighted by atomic mass is 35.5. The molecule has 7 heteroatoms. The Morgan fingerprint density at radius 3 is 2.64 bits per heavy atom. The molecule has 186 valence electrons. The van der Waals surface area contributed by atoms with E-state index in [4.69, 9.17) is 22.1 Å². The Labute approximate surface area is 220 Å². The summed E-state index contributed by atoms with van der Waals surface area (Å²) in [5, 5.41) is 1.51. The van der Waals surface area contributed by atoms with E-state index in [1.54, 1.807) is 13.3 Å². The average molecular weight is 520 g/mol. The molecule has 0 saturated heterocycles. The van der Waals surface area contributed by atoms with E-state index in [9.17, 15) is 4.79 Å². The van der Waals surface area contributed by atoms with Gasteiger partial charge in [0, 0.05) is 52.2 Å². The molecule has 0 atom stereocenters. The predicted octanol–water partition coefficient (Wildman–Crippen LogP) is 6.85. The van der Waals surface area contributed by atoms with Crippen LogP contribution in [-0.2, 0) is 6.54 Å². The monoisotopic (exact) mass is 519 g/mol. The van der Waals surface area contributed by atoms with Gasteiger partial charge in [0.05, 0.1) is 12.1 Å². The highest BCUT2D eigenvalue weighted by Gasteiger charge is 2.32. The molecule has 0 spiro atoms. The summed E-state index contributed by atoms with van der Waals surface area (Å²) in [7, 11) is 1.67. The number of carbonyl (C=O) groups is 1. The van der Waals surface area contributed by atoms with Gasteiger partial charge in [-0.05, 0) is 68.0 Å². The number of pyridine rings is 1. The molecule has 36 heavy (non-hydrogen) atoms. The SMILES string of the molecule is COc1ccc(-c2cccnc2)cc1CN(C(=O)c1sc2cccc(C)c2c1Cl)C1CCC(N)CC1. The largest absolute Gasteiger partial charge is 0.496 e. The third-order valence-corrected chi connectivity index (χ3v) is 8.75. The van der Waals surface area contributed by atoms with Crippen LogP contribution in [-0.4, -0.2) is 35.0 Å². The van der Waals surface area contributed by atoms with Gasteiger partial charge in [-0.2, -0.15) is 0 Å². The minimum absolute atomic E-state index is 0.0325. The maximum atomic E-state index is 14.2. The van der Waals surface area contributed by atoms with Gasteiger partial charge in [0.1, 0.15) is 10.6 Å². The van der Waals surface area contributed by atoms with Gasteiger partial charge in [-0.3, -0.25) is 9.78 Å². The summed E-state index contributed by atoms with van der Waals surface area (Å²) in [6.07, 6.45) is 7.16. The summed E-state index contributed by atoms with van der Waals surface area (Å²) >= 11 is 8.31. The van der Waals surface area contributed by atoms with Crippen LogP contribution in [0, 0.1) is 6.92 Å². The van der Waals surface area contributed by atoms with Gasteiger partial charge in [0.2, 0.25) is 0 Å². The number of ether oxygens (including phenoxy) is 1. The second-order valence-electron chi connectivity index (χ2n) is 9.46. The van der Waals surface area contributed by atoms with Crippen molar-refractivity contribution in [2.45, 2.75) is 51.2 Å². The molecular formula is C29H30ClN3O2S. The number of halogens is 1. The molecule has 2 N–H and O–H groups in total. The zero-order valence-corrected chi connectivity index (χ0v) is 22.1. The number of hydrogen-bond acceptors (Lipinski definition) is 5. The Balaban J connectivity index is 1.55.